The second-order valence-corrected chi connectivity index (χ2v) is 2.24. The lowest BCUT2D eigenvalue weighted by Gasteiger charge is -1.97. The van der Waals surface area contributed by atoms with E-state index in [-0.39, 0.29) is 0 Å². The lowest BCUT2D eigenvalue weighted by Crippen LogP contribution is -1.97. The predicted molar refractivity (Wildman–Crippen MR) is 38.6 cm³/mol. The SMILES string of the molecule is CCCc1ncnnc1C. The molecule has 0 amide bonds. The first-order valence-electron chi connectivity index (χ1n) is 3.47. The minimum absolute atomic E-state index is 0.948. The molecule has 54 valence electrons. The van der Waals surface area contributed by atoms with Gasteiger partial charge in [0.2, 0.25) is 0 Å². The zero-order valence-electron chi connectivity index (χ0n) is 6.33. The van der Waals surface area contributed by atoms with Crippen molar-refractivity contribution in [3.63, 3.8) is 0 Å². The third-order valence-electron chi connectivity index (χ3n) is 1.38. The van der Waals surface area contributed by atoms with E-state index in [1.165, 1.54) is 6.33 Å². The van der Waals surface area contributed by atoms with Crippen LogP contribution in [0.4, 0.5) is 0 Å². The second kappa shape index (κ2) is 3.25. The molecule has 1 aromatic heterocycles. The molecule has 0 radical (unpaired) electrons. The molecule has 0 saturated heterocycles. The lowest BCUT2D eigenvalue weighted by molar-refractivity contribution is 0.809. The molecule has 3 heteroatoms. The zero-order chi connectivity index (χ0) is 7.40. The minimum atomic E-state index is 0.948. The van der Waals surface area contributed by atoms with E-state index in [0.717, 1.165) is 24.2 Å². The average Bonchev–Trinajstić information content (AvgIpc) is 1.94. The van der Waals surface area contributed by atoms with Gasteiger partial charge in [-0.3, -0.25) is 0 Å². The molecule has 0 fully saturated rings. The second-order valence-electron chi connectivity index (χ2n) is 2.24. The summed E-state index contributed by atoms with van der Waals surface area (Å²) in [7, 11) is 0. The number of rotatable bonds is 2. The first-order valence-corrected chi connectivity index (χ1v) is 3.47. The van der Waals surface area contributed by atoms with Crippen LogP contribution in [-0.2, 0) is 6.42 Å². The average molecular weight is 137 g/mol. The Morgan fingerprint density at radius 1 is 1.50 bits per heavy atom. The minimum Gasteiger partial charge on any atom is -0.238 e. The van der Waals surface area contributed by atoms with Crippen LogP contribution >= 0.6 is 0 Å². The fourth-order valence-electron chi connectivity index (χ4n) is 0.841. The van der Waals surface area contributed by atoms with Gasteiger partial charge in [-0.2, -0.15) is 5.10 Å². The van der Waals surface area contributed by atoms with E-state index < -0.39 is 0 Å². The summed E-state index contributed by atoms with van der Waals surface area (Å²) in [6, 6.07) is 0. The molecule has 1 rings (SSSR count). The van der Waals surface area contributed by atoms with Crippen molar-refractivity contribution in [3.8, 4) is 0 Å². The van der Waals surface area contributed by atoms with Crippen molar-refractivity contribution in [2.45, 2.75) is 26.7 Å². The Bertz CT molecular complexity index is 210. The maximum absolute atomic E-state index is 4.09. The molecular formula is C7H11N3. The molecule has 1 aromatic rings. The molecular weight excluding hydrogens is 126 g/mol. The van der Waals surface area contributed by atoms with E-state index in [0.29, 0.717) is 0 Å². The van der Waals surface area contributed by atoms with Crippen molar-refractivity contribution in [3.05, 3.63) is 17.7 Å². The molecule has 0 bridgehead atoms. The maximum Gasteiger partial charge on any atom is 0.138 e. The van der Waals surface area contributed by atoms with Gasteiger partial charge < -0.3 is 0 Å². The van der Waals surface area contributed by atoms with Gasteiger partial charge in [-0.15, -0.1) is 5.10 Å². The normalized spacial score (nSPS) is 9.80. The van der Waals surface area contributed by atoms with Crippen molar-refractivity contribution in [1.29, 1.82) is 0 Å². The van der Waals surface area contributed by atoms with Crippen LogP contribution in [0.3, 0.4) is 0 Å². The van der Waals surface area contributed by atoms with Crippen LogP contribution in [0, 0.1) is 6.92 Å². The highest BCUT2D eigenvalue weighted by molar-refractivity contribution is 5.05. The van der Waals surface area contributed by atoms with E-state index in [9.17, 15) is 0 Å². The van der Waals surface area contributed by atoms with Crippen LogP contribution in [-0.4, -0.2) is 15.2 Å². The van der Waals surface area contributed by atoms with E-state index in [1.807, 2.05) is 6.92 Å². The van der Waals surface area contributed by atoms with Gasteiger partial charge in [-0.1, -0.05) is 13.3 Å². The van der Waals surface area contributed by atoms with Gasteiger partial charge in [-0.25, -0.2) is 4.98 Å². The highest BCUT2D eigenvalue weighted by Gasteiger charge is 1.96. The number of hydrogen-bond acceptors (Lipinski definition) is 3. The summed E-state index contributed by atoms with van der Waals surface area (Å²) >= 11 is 0. The summed E-state index contributed by atoms with van der Waals surface area (Å²) in [6.45, 7) is 4.06. The standard InChI is InChI=1S/C7H11N3/c1-3-4-7-6(2)10-9-5-8-7/h5H,3-4H2,1-2H3. The first kappa shape index (κ1) is 7.12. The highest BCUT2D eigenvalue weighted by atomic mass is 15.1. The van der Waals surface area contributed by atoms with Crippen molar-refractivity contribution in [2.24, 2.45) is 0 Å². The Hall–Kier alpha value is -0.990. The van der Waals surface area contributed by atoms with Gasteiger partial charge in [-0.05, 0) is 13.3 Å². The van der Waals surface area contributed by atoms with Crippen molar-refractivity contribution < 1.29 is 0 Å². The lowest BCUT2D eigenvalue weighted by atomic mass is 10.2. The van der Waals surface area contributed by atoms with Crippen LogP contribution in [0.1, 0.15) is 24.7 Å². The molecule has 0 aliphatic heterocycles. The number of hydrogen-bond donors (Lipinski definition) is 0. The van der Waals surface area contributed by atoms with E-state index in [2.05, 4.69) is 22.1 Å². The smallest absolute Gasteiger partial charge is 0.138 e. The summed E-state index contributed by atoms with van der Waals surface area (Å²) < 4.78 is 0. The Kier molecular flexibility index (Phi) is 2.31. The van der Waals surface area contributed by atoms with Crippen LogP contribution in [0.25, 0.3) is 0 Å². The fraction of sp³-hybridized carbons (Fsp3) is 0.571. The Morgan fingerprint density at radius 3 is 2.90 bits per heavy atom. The summed E-state index contributed by atoms with van der Waals surface area (Å²) in [5.41, 5.74) is 2.02. The van der Waals surface area contributed by atoms with Crippen molar-refractivity contribution in [1.82, 2.24) is 15.2 Å². The first-order chi connectivity index (χ1) is 4.84. The van der Waals surface area contributed by atoms with Crippen molar-refractivity contribution in [2.75, 3.05) is 0 Å². The third-order valence-corrected chi connectivity index (χ3v) is 1.38. The quantitative estimate of drug-likeness (QED) is 0.613. The highest BCUT2D eigenvalue weighted by Crippen LogP contribution is 2.00. The van der Waals surface area contributed by atoms with Crippen molar-refractivity contribution >= 4 is 0 Å². The van der Waals surface area contributed by atoms with Gasteiger partial charge in [0, 0.05) is 0 Å². The Labute approximate surface area is 60.5 Å². The topological polar surface area (TPSA) is 38.7 Å². The molecule has 0 aliphatic rings. The van der Waals surface area contributed by atoms with E-state index in [1.54, 1.807) is 0 Å². The van der Waals surface area contributed by atoms with Gasteiger partial charge in [0.1, 0.15) is 6.33 Å². The summed E-state index contributed by atoms with van der Waals surface area (Å²) in [5, 5.41) is 7.55. The summed E-state index contributed by atoms with van der Waals surface area (Å²) in [6.07, 6.45) is 3.61. The summed E-state index contributed by atoms with van der Waals surface area (Å²) in [5.74, 6) is 0. The number of aryl methyl sites for hydroxylation is 2. The van der Waals surface area contributed by atoms with Crippen LogP contribution in [0.5, 0.6) is 0 Å². The predicted octanol–water partition coefficient (Wildman–Crippen LogP) is 1.13. The Morgan fingerprint density at radius 2 is 2.30 bits per heavy atom. The van der Waals surface area contributed by atoms with Gasteiger partial charge >= 0.3 is 0 Å². The summed E-state index contributed by atoms with van der Waals surface area (Å²) in [4.78, 5) is 4.09. The zero-order valence-corrected chi connectivity index (χ0v) is 6.33. The maximum atomic E-state index is 4.09. The fourth-order valence-corrected chi connectivity index (χ4v) is 0.841. The molecule has 0 aromatic carbocycles. The van der Waals surface area contributed by atoms with Gasteiger partial charge in [0.25, 0.3) is 0 Å². The van der Waals surface area contributed by atoms with Crippen LogP contribution in [0.2, 0.25) is 0 Å². The molecule has 1 heterocycles. The van der Waals surface area contributed by atoms with Gasteiger partial charge in [0.05, 0.1) is 11.4 Å². The molecule has 0 unspecified atom stereocenters. The largest absolute Gasteiger partial charge is 0.238 e. The van der Waals surface area contributed by atoms with E-state index >= 15 is 0 Å². The molecule has 0 saturated carbocycles. The monoisotopic (exact) mass is 137 g/mol. The molecule has 0 spiro atoms. The molecule has 0 N–H and O–H groups in total. The molecule has 3 nitrogen and oxygen atoms in total. The Balaban J connectivity index is 2.81. The molecule has 10 heavy (non-hydrogen) atoms. The van der Waals surface area contributed by atoms with E-state index in [4.69, 9.17) is 0 Å². The van der Waals surface area contributed by atoms with Crippen LogP contribution in [0.15, 0.2) is 6.33 Å². The van der Waals surface area contributed by atoms with Crippen LogP contribution < -0.4 is 0 Å². The van der Waals surface area contributed by atoms with Gasteiger partial charge in [0.15, 0.2) is 0 Å². The third kappa shape index (κ3) is 1.50. The molecule has 0 aliphatic carbocycles. The number of aromatic nitrogens is 3. The number of nitrogens with zero attached hydrogens (tertiary/aromatic N) is 3. The molecule has 0 atom stereocenters.